The summed E-state index contributed by atoms with van der Waals surface area (Å²) in [6.45, 7) is 34.4. The first-order valence-electron chi connectivity index (χ1n) is 12.2. The van der Waals surface area contributed by atoms with E-state index in [1.54, 1.807) is 0 Å². The van der Waals surface area contributed by atoms with E-state index in [0.29, 0.717) is 22.2 Å². The van der Waals surface area contributed by atoms with Crippen molar-refractivity contribution in [3.8, 4) is 0 Å². The first kappa shape index (κ1) is 30.4. The van der Waals surface area contributed by atoms with Crippen LogP contribution < -0.4 is 0 Å². The van der Waals surface area contributed by atoms with Gasteiger partial charge in [-0.3, -0.25) is 0 Å². The Balaban J connectivity index is 0. The van der Waals surface area contributed by atoms with Crippen LogP contribution in [0.15, 0.2) is 24.3 Å². The van der Waals surface area contributed by atoms with Crippen LogP contribution in [-0.4, -0.2) is 0 Å². The third-order valence-corrected chi connectivity index (χ3v) is 7.19. The Morgan fingerprint density at radius 1 is 0.724 bits per heavy atom. The Labute approximate surface area is 186 Å². The molecule has 0 heteroatoms. The third-order valence-electron chi connectivity index (χ3n) is 7.19. The van der Waals surface area contributed by atoms with Crippen molar-refractivity contribution in [2.24, 2.45) is 16.2 Å². The van der Waals surface area contributed by atoms with Crippen LogP contribution in [0.4, 0.5) is 0 Å². The first-order valence-corrected chi connectivity index (χ1v) is 12.2. The molecule has 0 aliphatic rings. The molecule has 0 aliphatic carbocycles. The highest BCUT2D eigenvalue weighted by Crippen LogP contribution is 2.47. The maximum Gasteiger partial charge on any atom is -0.00983 e. The van der Waals surface area contributed by atoms with Gasteiger partial charge in [0.1, 0.15) is 0 Å². The zero-order valence-corrected chi connectivity index (χ0v) is 23.0. The summed E-state index contributed by atoms with van der Waals surface area (Å²) in [5.74, 6) is 0.589. The maximum atomic E-state index is 2.41. The summed E-state index contributed by atoms with van der Waals surface area (Å²) in [5.41, 5.74) is 4.09. The first-order chi connectivity index (χ1) is 13.1. The lowest BCUT2D eigenvalue weighted by atomic mass is 9.61. The van der Waals surface area contributed by atoms with E-state index in [1.807, 2.05) is 13.8 Å². The second-order valence-electron chi connectivity index (χ2n) is 11.6. The molecule has 0 amide bonds. The molecule has 0 heterocycles. The molecule has 1 atom stereocenters. The van der Waals surface area contributed by atoms with Gasteiger partial charge in [-0.2, -0.15) is 0 Å². The van der Waals surface area contributed by atoms with Crippen LogP contribution in [0.25, 0.3) is 0 Å². The molecule has 0 fully saturated rings. The van der Waals surface area contributed by atoms with E-state index in [-0.39, 0.29) is 5.41 Å². The molecule has 0 radical (unpaired) electrons. The molecule has 0 nitrogen and oxygen atoms in total. The zero-order chi connectivity index (χ0) is 23.7. The average molecular weight is 405 g/mol. The van der Waals surface area contributed by atoms with Crippen molar-refractivity contribution in [2.75, 3.05) is 0 Å². The lowest BCUT2D eigenvalue weighted by molar-refractivity contribution is 0.0917. The van der Waals surface area contributed by atoms with E-state index in [1.165, 1.54) is 30.4 Å². The molecule has 1 aromatic rings. The van der Waals surface area contributed by atoms with Crippen molar-refractivity contribution in [3.63, 3.8) is 0 Å². The third kappa shape index (κ3) is 9.27. The number of benzene rings is 1. The molecule has 0 saturated heterocycles. The van der Waals surface area contributed by atoms with Gasteiger partial charge < -0.3 is 0 Å². The highest BCUT2D eigenvalue weighted by Gasteiger charge is 2.38. The molecule has 0 saturated carbocycles. The van der Waals surface area contributed by atoms with Gasteiger partial charge in [0.2, 0.25) is 0 Å². The van der Waals surface area contributed by atoms with E-state index in [2.05, 4.69) is 114 Å². The molecule has 1 unspecified atom stereocenters. The topological polar surface area (TPSA) is 0 Å². The quantitative estimate of drug-likeness (QED) is 0.442. The van der Waals surface area contributed by atoms with Gasteiger partial charge in [0.15, 0.2) is 0 Å². The number of rotatable bonds is 6. The van der Waals surface area contributed by atoms with Gasteiger partial charge in [0, 0.05) is 0 Å². The molecule has 29 heavy (non-hydrogen) atoms. The molecule has 0 aromatic heterocycles. The molecular formula is C29H56. The highest BCUT2D eigenvalue weighted by molar-refractivity contribution is 5.31. The zero-order valence-electron chi connectivity index (χ0n) is 23.0. The smallest absolute Gasteiger partial charge is 0.00983 e. The normalized spacial score (nSPS) is 13.6. The van der Waals surface area contributed by atoms with Crippen molar-refractivity contribution < 1.29 is 0 Å². The van der Waals surface area contributed by atoms with Crippen LogP contribution in [0.5, 0.6) is 0 Å². The van der Waals surface area contributed by atoms with Crippen molar-refractivity contribution in [1.29, 1.82) is 0 Å². The Morgan fingerprint density at radius 3 is 1.41 bits per heavy atom. The molecule has 172 valence electrons. The van der Waals surface area contributed by atoms with Crippen molar-refractivity contribution in [3.05, 3.63) is 35.4 Å². The van der Waals surface area contributed by atoms with Gasteiger partial charge in [0.25, 0.3) is 0 Å². The Morgan fingerprint density at radius 2 is 1.10 bits per heavy atom. The van der Waals surface area contributed by atoms with Crippen LogP contribution in [0.2, 0.25) is 0 Å². The number of hydrogen-bond acceptors (Lipinski definition) is 0. The van der Waals surface area contributed by atoms with E-state index in [4.69, 9.17) is 0 Å². The molecule has 0 aliphatic heterocycles. The van der Waals surface area contributed by atoms with Crippen LogP contribution in [0.3, 0.4) is 0 Å². The highest BCUT2D eigenvalue weighted by atomic mass is 14.4. The number of hydrogen-bond donors (Lipinski definition) is 0. The lowest BCUT2D eigenvalue weighted by Crippen LogP contribution is -2.36. The van der Waals surface area contributed by atoms with Crippen LogP contribution in [0, 0.1) is 16.2 Å². The molecule has 0 spiro atoms. The molecule has 0 N–H and O–H groups in total. The van der Waals surface area contributed by atoms with E-state index in [0.717, 1.165) is 0 Å². The van der Waals surface area contributed by atoms with Crippen LogP contribution in [-0.2, 0) is 5.41 Å². The lowest BCUT2D eigenvalue weighted by Gasteiger charge is -2.44. The van der Waals surface area contributed by atoms with Gasteiger partial charge in [-0.15, -0.1) is 0 Å². The SMILES string of the molecule is CC.CCC.CCC(C)(C)C(C)c1ccc(C(C)(C)CC(C)(C)C(C)(C)C)cc1. The maximum absolute atomic E-state index is 2.41. The minimum atomic E-state index is 0.193. The van der Waals surface area contributed by atoms with Gasteiger partial charge in [-0.25, -0.2) is 0 Å². The van der Waals surface area contributed by atoms with Gasteiger partial charge in [-0.05, 0) is 45.1 Å². The fraction of sp³-hybridized carbons (Fsp3) is 0.793. The summed E-state index contributed by atoms with van der Waals surface area (Å²) in [7, 11) is 0. The standard InChI is InChI=1S/C24H42.C3H8.C2H6/c1-12-22(6,7)18(2)19-13-15-20(16-14-19)23(8,9)17-24(10,11)21(3,4)5;1-3-2;1-2/h13-16,18H,12,17H2,1-11H3;3H2,1-2H3;1-2H3. The van der Waals surface area contributed by atoms with Crippen molar-refractivity contribution in [2.45, 2.75) is 134 Å². The molecule has 1 rings (SSSR count). The minimum Gasteiger partial charge on any atom is -0.0683 e. The molecule has 1 aromatic carbocycles. The van der Waals surface area contributed by atoms with Crippen molar-refractivity contribution >= 4 is 0 Å². The van der Waals surface area contributed by atoms with Crippen molar-refractivity contribution in [1.82, 2.24) is 0 Å². The van der Waals surface area contributed by atoms with E-state index < -0.39 is 0 Å². The fourth-order valence-corrected chi connectivity index (χ4v) is 3.45. The predicted molar refractivity (Wildman–Crippen MR) is 137 cm³/mol. The monoisotopic (exact) mass is 404 g/mol. The van der Waals surface area contributed by atoms with Crippen LogP contribution in [0.1, 0.15) is 140 Å². The van der Waals surface area contributed by atoms with Gasteiger partial charge in [0.05, 0.1) is 0 Å². The van der Waals surface area contributed by atoms with E-state index >= 15 is 0 Å². The minimum absolute atomic E-state index is 0.193. The Kier molecular flexibility index (Phi) is 12.8. The second kappa shape index (κ2) is 12.2. The second-order valence-corrected chi connectivity index (χ2v) is 11.6. The summed E-state index contributed by atoms with van der Waals surface area (Å²) in [6.07, 6.45) is 3.65. The largest absolute Gasteiger partial charge is 0.0683 e. The summed E-state index contributed by atoms with van der Waals surface area (Å²) < 4.78 is 0. The molecular weight excluding hydrogens is 348 g/mol. The van der Waals surface area contributed by atoms with Gasteiger partial charge >= 0.3 is 0 Å². The average Bonchev–Trinajstić information content (AvgIpc) is 2.61. The van der Waals surface area contributed by atoms with E-state index in [9.17, 15) is 0 Å². The fourth-order valence-electron chi connectivity index (χ4n) is 3.45. The molecule has 0 bridgehead atoms. The summed E-state index contributed by atoms with van der Waals surface area (Å²) >= 11 is 0. The summed E-state index contributed by atoms with van der Waals surface area (Å²) in [4.78, 5) is 0. The van der Waals surface area contributed by atoms with Crippen LogP contribution >= 0.6 is 0 Å². The summed E-state index contributed by atoms with van der Waals surface area (Å²) in [6, 6.07) is 9.47. The predicted octanol–water partition coefficient (Wildman–Crippen LogP) is 10.4. The van der Waals surface area contributed by atoms with Gasteiger partial charge in [-0.1, -0.05) is 141 Å². The Bertz CT molecular complexity index is 534. The summed E-state index contributed by atoms with van der Waals surface area (Å²) in [5, 5.41) is 0. The Hall–Kier alpha value is -0.780.